The number of hydrogen-bond acceptors (Lipinski definition) is 5. The van der Waals surface area contributed by atoms with Crippen LogP contribution >= 0.6 is 0 Å². The van der Waals surface area contributed by atoms with Crippen molar-refractivity contribution >= 4 is 21.5 Å². The second-order valence-electron chi connectivity index (χ2n) is 4.40. The standard InChI is InChI=1S/C12H15NO6S/c1-3-8(2)20(18,19)7-9-5-4-6-10(13(16)17)11(9)12(14)15/h4-6,8H,3,7H2,1-2H3,(H,14,15). The Kier molecular flexibility index (Phi) is 4.83. The molecule has 0 fully saturated rings. The Labute approximate surface area is 116 Å². The highest BCUT2D eigenvalue weighted by Gasteiger charge is 2.28. The Hall–Kier alpha value is -1.96. The SMILES string of the molecule is CCC(C)S(=O)(=O)Cc1cccc([N+](=O)[O-])c1C(=O)O. The van der Waals surface area contributed by atoms with Crippen LogP contribution in [0.25, 0.3) is 0 Å². The lowest BCUT2D eigenvalue weighted by atomic mass is 10.1. The molecule has 0 amide bonds. The molecule has 0 saturated heterocycles. The quantitative estimate of drug-likeness (QED) is 0.634. The average Bonchev–Trinajstić information content (AvgIpc) is 2.36. The minimum Gasteiger partial charge on any atom is -0.477 e. The lowest BCUT2D eigenvalue weighted by Gasteiger charge is -2.12. The lowest BCUT2D eigenvalue weighted by Crippen LogP contribution is -2.20. The Morgan fingerprint density at radius 3 is 2.50 bits per heavy atom. The number of aromatic carboxylic acids is 1. The number of nitrogens with zero attached hydrogens (tertiary/aromatic N) is 1. The summed E-state index contributed by atoms with van der Waals surface area (Å²) >= 11 is 0. The minimum atomic E-state index is -3.55. The summed E-state index contributed by atoms with van der Waals surface area (Å²) in [5.74, 6) is -2.03. The van der Waals surface area contributed by atoms with Gasteiger partial charge in [0.05, 0.1) is 15.9 Å². The minimum absolute atomic E-state index is 0.0630. The summed E-state index contributed by atoms with van der Waals surface area (Å²) in [4.78, 5) is 21.2. The number of rotatable bonds is 6. The molecule has 1 aromatic rings. The number of benzene rings is 1. The van der Waals surface area contributed by atoms with E-state index in [1.807, 2.05) is 0 Å². The van der Waals surface area contributed by atoms with Crippen LogP contribution in [0.5, 0.6) is 0 Å². The molecular weight excluding hydrogens is 286 g/mol. The van der Waals surface area contributed by atoms with Crippen molar-refractivity contribution in [1.29, 1.82) is 0 Å². The maximum absolute atomic E-state index is 12.0. The molecular formula is C12H15NO6S. The average molecular weight is 301 g/mol. The van der Waals surface area contributed by atoms with Crippen molar-refractivity contribution in [1.82, 2.24) is 0 Å². The van der Waals surface area contributed by atoms with Crippen LogP contribution in [-0.4, -0.2) is 29.7 Å². The van der Waals surface area contributed by atoms with Crippen molar-refractivity contribution in [2.24, 2.45) is 0 Å². The zero-order chi connectivity index (χ0) is 15.5. The molecule has 1 unspecified atom stereocenters. The molecule has 0 heterocycles. The van der Waals surface area contributed by atoms with Crippen LogP contribution < -0.4 is 0 Å². The van der Waals surface area contributed by atoms with Gasteiger partial charge in [-0.25, -0.2) is 13.2 Å². The first-order chi connectivity index (χ1) is 9.20. The van der Waals surface area contributed by atoms with E-state index in [-0.39, 0.29) is 5.56 Å². The van der Waals surface area contributed by atoms with Gasteiger partial charge < -0.3 is 5.11 Å². The number of carboxylic acids is 1. The van der Waals surface area contributed by atoms with Crippen LogP contribution in [0.15, 0.2) is 18.2 Å². The maximum Gasteiger partial charge on any atom is 0.343 e. The van der Waals surface area contributed by atoms with Crippen molar-refractivity contribution in [3.05, 3.63) is 39.4 Å². The van der Waals surface area contributed by atoms with Gasteiger partial charge in [-0.1, -0.05) is 19.1 Å². The molecule has 0 aliphatic rings. The van der Waals surface area contributed by atoms with Crippen LogP contribution in [0.3, 0.4) is 0 Å². The molecule has 0 radical (unpaired) electrons. The van der Waals surface area contributed by atoms with Gasteiger partial charge in [-0.05, 0) is 18.9 Å². The van der Waals surface area contributed by atoms with E-state index in [1.54, 1.807) is 6.92 Å². The second-order valence-corrected chi connectivity index (χ2v) is 6.82. The van der Waals surface area contributed by atoms with Gasteiger partial charge in [-0.2, -0.15) is 0 Å². The molecule has 8 heteroatoms. The summed E-state index contributed by atoms with van der Waals surface area (Å²) in [6.07, 6.45) is 0.389. The molecule has 0 spiro atoms. The Balaban J connectivity index is 3.37. The molecule has 7 nitrogen and oxygen atoms in total. The van der Waals surface area contributed by atoms with Crippen LogP contribution in [-0.2, 0) is 15.6 Å². The summed E-state index contributed by atoms with van der Waals surface area (Å²) in [6, 6.07) is 3.62. The van der Waals surface area contributed by atoms with E-state index in [0.29, 0.717) is 6.42 Å². The van der Waals surface area contributed by atoms with E-state index in [9.17, 15) is 23.3 Å². The van der Waals surface area contributed by atoms with Gasteiger partial charge in [0.1, 0.15) is 5.56 Å². The van der Waals surface area contributed by atoms with Crippen molar-refractivity contribution < 1.29 is 23.2 Å². The summed E-state index contributed by atoms with van der Waals surface area (Å²) in [6.45, 7) is 3.22. The van der Waals surface area contributed by atoms with Crippen LogP contribution in [0.2, 0.25) is 0 Å². The monoisotopic (exact) mass is 301 g/mol. The van der Waals surface area contributed by atoms with Crippen molar-refractivity contribution in [2.75, 3.05) is 0 Å². The van der Waals surface area contributed by atoms with Crippen LogP contribution in [0, 0.1) is 10.1 Å². The summed E-state index contributed by atoms with van der Waals surface area (Å²) < 4.78 is 24.0. The third kappa shape index (κ3) is 3.32. The molecule has 0 bridgehead atoms. The number of nitro benzene ring substituents is 1. The third-order valence-corrected chi connectivity index (χ3v) is 5.36. The molecule has 0 aliphatic carbocycles. The first kappa shape index (κ1) is 16.1. The second kappa shape index (κ2) is 6.00. The molecule has 110 valence electrons. The van der Waals surface area contributed by atoms with Gasteiger partial charge in [0.25, 0.3) is 5.69 Å². The van der Waals surface area contributed by atoms with Crippen LogP contribution in [0.1, 0.15) is 36.2 Å². The summed E-state index contributed by atoms with van der Waals surface area (Å²) in [7, 11) is -3.55. The van der Waals surface area contributed by atoms with Gasteiger partial charge >= 0.3 is 5.97 Å². The van der Waals surface area contributed by atoms with E-state index in [0.717, 1.165) is 6.07 Å². The van der Waals surface area contributed by atoms with Crippen LogP contribution in [0.4, 0.5) is 5.69 Å². The van der Waals surface area contributed by atoms with E-state index in [4.69, 9.17) is 5.11 Å². The molecule has 1 aromatic carbocycles. The predicted octanol–water partition coefficient (Wildman–Crippen LogP) is 2.01. The molecule has 0 saturated carbocycles. The summed E-state index contributed by atoms with van der Waals surface area (Å²) in [5.41, 5.74) is -1.23. The van der Waals surface area contributed by atoms with Gasteiger partial charge in [-0.15, -0.1) is 0 Å². The Morgan fingerprint density at radius 1 is 1.45 bits per heavy atom. The largest absolute Gasteiger partial charge is 0.477 e. The zero-order valence-electron chi connectivity index (χ0n) is 11.1. The van der Waals surface area contributed by atoms with Crippen molar-refractivity contribution in [3.63, 3.8) is 0 Å². The molecule has 0 aromatic heterocycles. The van der Waals surface area contributed by atoms with Crippen molar-refractivity contribution in [2.45, 2.75) is 31.3 Å². The van der Waals surface area contributed by atoms with Gasteiger partial charge in [0, 0.05) is 6.07 Å². The first-order valence-corrected chi connectivity index (χ1v) is 7.63. The molecule has 1 rings (SSSR count). The third-order valence-electron chi connectivity index (χ3n) is 3.08. The van der Waals surface area contributed by atoms with Gasteiger partial charge in [0.15, 0.2) is 9.84 Å². The Bertz CT molecular complexity index is 637. The highest BCUT2D eigenvalue weighted by atomic mass is 32.2. The molecule has 0 aliphatic heterocycles. The number of carboxylic acid groups (broad SMARTS) is 1. The smallest absolute Gasteiger partial charge is 0.343 e. The van der Waals surface area contributed by atoms with E-state index in [2.05, 4.69) is 0 Å². The van der Waals surface area contributed by atoms with Gasteiger partial charge in [-0.3, -0.25) is 10.1 Å². The van der Waals surface area contributed by atoms with E-state index in [1.165, 1.54) is 19.1 Å². The lowest BCUT2D eigenvalue weighted by molar-refractivity contribution is -0.385. The number of nitro groups is 1. The van der Waals surface area contributed by atoms with E-state index < -0.39 is 43.0 Å². The summed E-state index contributed by atoms with van der Waals surface area (Å²) in [5, 5.41) is 19.3. The predicted molar refractivity (Wildman–Crippen MR) is 72.4 cm³/mol. The van der Waals surface area contributed by atoms with E-state index >= 15 is 0 Å². The van der Waals surface area contributed by atoms with Crippen molar-refractivity contribution in [3.8, 4) is 0 Å². The normalized spacial score (nSPS) is 12.9. The first-order valence-electron chi connectivity index (χ1n) is 5.91. The highest BCUT2D eigenvalue weighted by Crippen LogP contribution is 2.25. The molecule has 1 atom stereocenters. The fourth-order valence-corrected chi connectivity index (χ4v) is 3.19. The van der Waals surface area contributed by atoms with Gasteiger partial charge in [0.2, 0.25) is 0 Å². The number of sulfone groups is 1. The maximum atomic E-state index is 12.0. The number of carbonyl (C=O) groups is 1. The highest BCUT2D eigenvalue weighted by molar-refractivity contribution is 7.91. The Morgan fingerprint density at radius 2 is 2.05 bits per heavy atom. The fourth-order valence-electron chi connectivity index (χ4n) is 1.72. The topological polar surface area (TPSA) is 115 Å². The molecule has 1 N–H and O–H groups in total. The molecule has 20 heavy (non-hydrogen) atoms. The number of hydrogen-bond donors (Lipinski definition) is 1. The fraction of sp³-hybridized carbons (Fsp3) is 0.417. The zero-order valence-corrected chi connectivity index (χ0v) is 11.9.